The van der Waals surface area contributed by atoms with Crippen LogP contribution in [0, 0.1) is 0 Å². The van der Waals surface area contributed by atoms with Crippen molar-refractivity contribution in [2.75, 3.05) is 25.5 Å². The van der Waals surface area contributed by atoms with Crippen molar-refractivity contribution in [2.24, 2.45) is 5.14 Å². The van der Waals surface area contributed by atoms with E-state index in [0.29, 0.717) is 30.5 Å². The smallest absolute Gasteiger partial charge is 0.274 e. The van der Waals surface area contributed by atoms with Crippen molar-refractivity contribution in [2.45, 2.75) is 50.6 Å². The van der Waals surface area contributed by atoms with E-state index in [1.165, 1.54) is 0 Å². The second-order valence-corrected chi connectivity index (χ2v) is 9.74. The predicted octanol–water partition coefficient (Wildman–Crippen LogP) is 1.11. The summed E-state index contributed by atoms with van der Waals surface area (Å²) in [6, 6.07) is 8.23. The van der Waals surface area contributed by atoms with Crippen molar-refractivity contribution in [3.63, 3.8) is 0 Å². The predicted molar refractivity (Wildman–Crippen MR) is 128 cm³/mol. The maximum atomic E-state index is 13.2. The minimum absolute atomic E-state index is 0.166. The second kappa shape index (κ2) is 11.5. The van der Waals surface area contributed by atoms with Gasteiger partial charge in [0.15, 0.2) is 0 Å². The summed E-state index contributed by atoms with van der Waals surface area (Å²) in [5.74, 6) is -0.504. The van der Waals surface area contributed by atoms with E-state index in [0.717, 1.165) is 31.2 Å². The molecule has 1 aromatic heterocycles. The number of aromatic nitrogens is 1. The van der Waals surface area contributed by atoms with Gasteiger partial charge < -0.3 is 10.6 Å². The maximum absolute atomic E-state index is 13.2. The van der Waals surface area contributed by atoms with E-state index in [1.807, 2.05) is 36.2 Å². The number of benzene rings is 1. The lowest BCUT2D eigenvalue weighted by molar-refractivity contribution is -0.131. The van der Waals surface area contributed by atoms with E-state index in [9.17, 15) is 18.0 Å². The number of nitrogens with zero attached hydrogens (tertiary/aromatic N) is 2. The first-order valence-electron chi connectivity index (χ1n) is 11.2. The van der Waals surface area contributed by atoms with Crippen LogP contribution in [-0.2, 0) is 19.8 Å². The highest BCUT2D eigenvalue weighted by Crippen LogP contribution is 2.21. The Balaban J connectivity index is 1.69. The van der Waals surface area contributed by atoms with Gasteiger partial charge in [-0.05, 0) is 57.8 Å². The molecule has 0 spiro atoms. The Morgan fingerprint density at radius 1 is 1.21 bits per heavy atom. The first kappa shape index (κ1) is 25.0. The van der Waals surface area contributed by atoms with Crippen molar-refractivity contribution < 1.29 is 18.0 Å². The van der Waals surface area contributed by atoms with Crippen molar-refractivity contribution in [1.29, 1.82) is 0 Å². The van der Waals surface area contributed by atoms with Gasteiger partial charge in [-0.3, -0.25) is 19.5 Å². The van der Waals surface area contributed by atoms with Crippen LogP contribution < -0.4 is 20.5 Å². The number of piperidine rings is 1. The van der Waals surface area contributed by atoms with Crippen LogP contribution in [0.3, 0.4) is 0 Å². The van der Waals surface area contributed by atoms with Crippen LogP contribution in [0.2, 0.25) is 0 Å². The molecule has 0 aliphatic carbocycles. The Bertz CT molecular complexity index is 1070. The summed E-state index contributed by atoms with van der Waals surface area (Å²) < 4.78 is 24.3. The zero-order valence-corrected chi connectivity index (χ0v) is 19.6. The number of nitrogens with one attached hydrogen (secondary N) is 3. The van der Waals surface area contributed by atoms with Gasteiger partial charge >= 0.3 is 0 Å². The molecule has 10 nitrogen and oxygen atoms in total. The van der Waals surface area contributed by atoms with Crippen molar-refractivity contribution in [3.8, 4) is 0 Å². The highest BCUT2D eigenvalue weighted by Gasteiger charge is 2.29. The Labute approximate surface area is 194 Å². The Kier molecular flexibility index (Phi) is 8.73. The second-order valence-electron chi connectivity index (χ2n) is 8.36. The summed E-state index contributed by atoms with van der Waals surface area (Å²) in [4.78, 5) is 32.5. The number of hydrogen-bond acceptors (Lipinski definition) is 6. The zero-order chi connectivity index (χ0) is 23.8. The van der Waals surface area contributed by atoms with Crippen LogP contribution >= 0.6 is 0 Å². The summed E-state index contributed by atoms with van der Waals surface area (Å²) in [6.07, 6.45) is 5.80. The fraction of sp³-hybridized carbons (Fsp3) is 0.500. The van der Waals surface area contributed by atoms with Gasteiger partial charge in [-0.2, -0.15) is 8.42 Å². The summed E-state index contributed by atoms with van der Waals surface area (Å²) in [7, 11) is -1.84. The Morgan fingerprint density at radius 3 is 2.76 bits per heavy atom. The molecule has 5 N–H and O–H groups in total. The molecule has 0 bridgehead atoms. The Hall–Kier alpha value is -2.60. The molecule has 0 saturated carbocycles. The van der Waals surface area contributed by atoms with Crippen LogP contribution in [-0.4, -0.2) is 62.3 Å². The van der Waals surface area contributed by atoms with E-state index < -0.39 is 16.3 Å². The number of para-hydroxylation sites is 1. The molecule has 180 valence electrons. The molecule has 2 amide bonds. The number of carbonyl (C=O) groups is 2. The van der Waals surface area contributed by atoms with E-state index in [2.05, 4.69) is 20.3 Å². The van der Waals surface area contributed by atoms with E-state index >= 15 is 0 Å². The zero-order valence-electron chi connectivity index (χ0n) is 18.8. The SMILES string of the molecule is CN1CCCCC1C(=O)N[C@H](CCCCNS(N)(=O)=O)C(=O)Nc1cccc2cccnc12. The van der Waals surface area contributed by atoms with Gasteiger partial charge in [0, 0.05) is 18.1 Å². The molecule has 3 rings (SSSR count). The molecule has 2 heterocycles. The minimum Gasteiger partial charge on any atom is -0.343 e. The van der Waals surface area contributed by atoms with Crippen LogP contribution in [0.4, 0.5) is 5.69 Å². The van der Waals surface area contributed by atoms with E-state index in [1.54, 1.807) is 12.3 Å². The number of nitrogens with two attached hydrogens (primary N) is 1. The number of hydrogen-bond donors (Lipinski definition) is 4. The lowest BCUT2D eigenvalue weighted by atomic mass is 10.0. The maximum Gasteiger partial charge on any atom is 0.274 e. The highest BCUT2D eigenvalue weighted by molar-refractivity contribution is 7.87. The van der Waals surface area contributed by atoms with Crippen LogP contribution in [0.1, 0.15) is 38.5 Å². The number of rotatable bonds is 10. The van der Waals surface area contributed by atoms with Crippen LogP contribution in [0.25, 0.3) is 10.9 Å². The first-order valence-corrected chi connectivity index (χ1v) is 12.7. The first-order chi connectivity index (χ1) is 15.7. The third-order valence-electron chi connectivity index (χ3n) is 5.82. The third-order valence-corrected chi connectivity index (χ3v) is 6.43. The molecule has 33 heavy (non-hydrogen) atoms. The average molecular weight is 477 g/mol. The molecule has 1 saturated heterocycles. The van der Waals surface area contributed by atoms with Crippen LogP contribution in [0.5, 0.6) is 0 Å². The molecular formula is C22H32N6O4S. The normalized spacial score (nSPS) is 18.1. The number of unbranched alkanes of at least 4 members (excludes halogenated alkanes) is 1. The molecule has 1 fully saturated rings. The molecule has 1 aromatic carbocycles. The minimum atomic E-state index is -3.75. The van der Waals surface area contributed by atoms with Gasteiger partial charge in [0.2, 0.25) is 11.8 Å². The monoisotopic (exact) mass is 476 g/mol. The fourth-order valence-electron chi connectivity index (χ4n) is 4.06. The van der Waals surface area contributed by atoms with Gasteiger partial charge in [-0.15, -0.1) is 0 Å². The van der Waals surface area contributed by atoms with Gasteiger partial charge in [0.05, 0.1) is 17.2 Å². The molecule has 0 radical (unpaired) electrons. The number of likely N-dealkylation sites (N-methyl/N-ethyl adjacent to an activating group) is 1. The topological polar surface area (TPSA) is 147 Å². The molecule has 1 aliphatic rings. The molecule has 1 aliphatic heterocycles. The number of likely N-dealkylation sites (tertiary alicyclic amines) is 1. The summed E-state index contributed by atoms with van der Waals surface area (Å²) >= 11 is 0. The molecule has 1 unspecified atom stereocenters. The standard InChI is InChI=1S/C22H32N6O4S/c1-28-15-5-3-12-19(28)22(30)27-18(10-2-4-14-25-33(23,31)32)21(29)26-17-11-6-8-16-9-7-13-24-20(16)17/h6-9,11,13,18-19,25H,2-5,10,12,14-15H2,1H3,(H,26,29)(H,27,30)(H2,23,31,32)/t18-,19?/m1/s1. The lowest BCUT2D eigenvalue weighted by Crippen LogP contribution is -2.53. The highest BCUT2D eigenvalue weighted by atomic mass is 32.2. The van der Waals surface area contributed by atoms with Gasteiger partial charge in [-0.25, -0.2) is 9.86 Å². The van der Waals surface area contributed by atoms with Crippen molar-refractivity contribution in [1.82, 2.24) is 19.9 Å². The van der Waals surface area contributed by atoms with Crippen molar-refractivity contribution >= 4 is 38.6 Å². The third kappa shape index (κ3) is 7.46. The summed E-state index contributed by atoms with van der Waals surface area (Å²) in [6.45, 7) is 1.01. The fourth-order valence-corrected chi connectivity index (χ4v) is 4.48. The lowest BCUT2D eigenvalue weighted by Gasteiger charge is -2.32. The van der Waals surface area contributed by atoms with Crippen LogP contribution in [0.15, 0.2) is 36.5 Å². The molecule has 2 atom stereocenters. The summed E-state index contributed by atoms with van der Waals surface area (Å²) in [5.41, 5.74) is 1.24. The van der Waals surface area contributed by atoms with E-state index in [-0.39, 0.29) is 24.4 Å². The number of carbonyl (C=O) groups excluding carboxylic acids is 2. The van der Waals surface area contributed by atoms with Gasteiger partial charge in [0.1, 0.15) is 6.04 Å². The number of amides is 2. The van der Waals surface area contributed by atoms with E-state index in [4.69, 9.17) is 5.14 Å². The number of anilines is 1. The number of fused-ring (bicyclic) bond motifs is 1. The largest absolute Gasteiger partial charge is 0.343 e. The van der Waals surface area contributed by atoms with Crippen molar-refractivity contribution in [3.05, 3.63) is 36.5 Å². The quantitative estimate of drug-likeness (QED) is 0.378. The number of pyridine rings is 1. The average Bonchev–Trinajstić information content (AvgIpc) is 2.77. The molecule has 11 heteroatoms. The summed E-state index contributed by atoms with van der Waals surface area (Å²) in [5, 5.41) is 11.7. The van der Waals surface area contributed by atoms with Gasteiger partial charge in [-0.1, -0.05) is 24.6 Å². The Morgan fingerprint density at radius 2 is 2.00 bits per heavy atom. The molecular weight excluding hydrogens is 444 g/mol. The van der Waals surface area contributed by atoms with Gasteiger partial charge in [0.25, 0.3) is 10.2 Å². The molecule has 2 aromatic rings.